The Morgan fingerprint density at radius 1 is 1.18 bits per heavy atom. The highest BCUT2D eigenvalue weighted by atomic mass is 35.5. The van der Waals surface area contributed by atoms with Crippen molar-refractivity contribution in [2.24, 2.45) is 0 Å². The Bertz CT molecular complexity index is 621. The quantitative estimate of drug-likeness (QED) is 0.790. The van der Waals surface area contributed by atoms with Crippen LogP contribution < -0.4 is 4.18 Å². The summed E-state index contributed by atoms with van der Waals surface area (Å²) in [6.45, 7) is 0. The topological polar surface area (TPSA) is 77.5 Å². The lowest BCUT2D eigenvalue weighted by atomic mass is 10.3. The second kappa shape index (κ2) is 5.01. The van der Waals surface area contributed by atoms with Crippen molar-refractivity contribution in [3.63, 3.8) is 0 Å². The molecule has 0 amide bonds. The summed E-state index contributed by atoms with van der Waals surface area (Å²) in [4.78, 5) is 0. The summed E-state index contributed by atoms with van der Waals surface area (Å²) in [6.07, 6.45) is 0.789. The Labute approximate surface area is 109 Å². The maximum Gasteiger partial charge on any atom is 0.323 e. The molecule has 1 aromatic rings. The molecule has 0 atom stereocenters. The van der Waals surface area contributed by atoms with Gasteiger partial charge in [-0.05, 0) is 18.2 Å². The molecule has 5 nitrogen and oxygen atoms in total. The van der Waals surface area contributed by atoms with Gasteiger partial charge < -0.3 is 4.18 Å². The molecule has 96 valence electrons. The van der Waals surface area contributed by atoms with Gasteiger partial charge >= 0.3 is 10.1 Å². The van der Waals surface area contributed by atoms with Crippen LogP contribution >= 0.6 is 23.2 Å². The van der Waals surface area contributed by atoms with Crippen LogP contribution in [0, 0.1) is 0 Å². The normalized spacial score (nSPS) is 12.4. The fraction of sp³-hybridized carbons (Fsp3) is 0.250. The average Bonchev–Trinajstić information content (AvgIpc) is 2.05. The molecular formula is C8H8Cl2O5S2. The van der Waals surface area contributed by atoms with E-state index in [1.54, 1.807) is 0 Å². The summed E-state index contributed by atoms with van der Waals surface area (Å²) in [6, 6.07) is 3.90. The third-order valence-corrected chi connectivity index (χ3v) is 5.30. The predicted molar refractivity (Wildman–Crippen MR) is 65.7 cm³/mol. The van der Waals surface area contributed by atoms with Crippen molar-refractivity contribution < 1.29 is 21.0 Å². The highest BCUT2D eigenvalue weighted by Gasteiger charge is 2.21. The van der Waals surface area contributed by atoms with E-state index in [1.807, 2.05) is 0 Å². The van der Waals surface area contributed by atoms with E-state index in [1.165, 1.54) is 18.2 Å². The minimum Gasteiger partial charge on any atom is -0.380 e. The lowest BCUT2D eigenvalue weighted by Crippen LogP contribution is -2.20. The highest BCUT2D eigenvalue weighted by Crippen LogP contribution is 2.28. The van der Waals surface area contributed by atoms with Crippen LogP contribution in [-0.2, 0) is 20.0 Å². The van der Waals surface area contributed by atoms with Crippen LogP contribution in [0.2, 0.25) is 10.0 Å². The molecule has 0 aliphatic heterocycles. The van der Waals surface area contributed by atoms with Crippen LogP contribution in [0.1, 0.15) is 0 Å². The van der Waals surface area contributed by atoms with Crippen molar-refractivity contribution in [3.8, 4) is 5.75 Å². The Morgan fingerprint density at radius 3 is 2.24 bits per heavy atom. The van der Waals surface area contributed by atoms with Gasteiger partial charge in [0, 0.05) is 11.3 Å². The molecule has 0 fully saturated rings. The van der Waals surface area contributed by atoms with Gasteiger partial charge in [0.05, 0.1) is 5.02 Å². The Kier molecular flexibility index (Phi) is 4.29. The van der Waals surface area contributed by atoms with Gasteiger partial charge in [0.25, 0.3) is 0 Å². The molecule has 1 aromatic carbocycles. The summed E-state index contributed by atoms with van der Waals surface area (Å²) in [5, 5.41) is -0.823. The summed E-state index contributed by atoms with van der Waals surface area (Å²) in [5.74, 6) is -0.167. The zero-order valence-electron chi connectivity index (χ0n) is 8.55. The molecule has 0 bridgehead atoms. The number of hydrogen-bond acceptors (Lipinski definition) is 5. The standard InChI is InChI=1S/C8H8Cl2O5S2/c1-16(11,12)5-17(13,14)15-8-3-2-6(9)4-7(8)10/h2-4H,5H2,1H3. The van der Waals surface area contributed by atoms with E-state index < -0.39 is 25.0 Å². The van der Waals surface area contributed by atoms with E-state index in [9.17, 15) is 16.8 Å². The van der Waals surface area contributed by atoms with Crippen molar-refractivity contribution >= 4 is 43.2 Å². The molecule has 0 unspecified atom stereocenters. The largest absolute Gasteiger partial charge is 0.380 e. The van der Waals surface area contributed by atoms with Crippen molar-refractivity contribution in [2.45, 2.75) is 0 Å². The van der Waals surface area contributed by atoms with E-state index in [-0.39, 0.29) is 10.8 Å². The zero-order chi connectivity index (χ0) is 13.3. The molecule has 0 N–H and O–H groups in total. The fourth-order valence-corrected chi connectivity index (χ4v) is 4.17. The predicted octanol–water partition coefficient (Wildman–Crippen LogP) is 1.70. The smallest absolute Gasteiger partial charge is 0.323 e. The average molecular weight is 319 g/mol. The number of rotatable bonds is 4. The SMILES string of the molecule is CS(=O)(=O)CS(=O)(=O)Oc1ccc(Cl)cc1Cl. The number of benzene rings is 1. The third-order valence-electron chi connectivity index (χ3n) is 1.47. The van der Waals surface area contributed by atoms with Gasteiger partial charge in [-0.25, -0.2) is 8.42 Å². The highest BCUT2D eigenvalue weighted by molar-refractivity contribution is 8.05. The van der Waals surface area contributed by atoms with Crippen LogP contribution in [0.5, 0.6) is 5.75 Å². The van der Waals surface area contributed by atoms with E-state index in [4.69, 9.17) is 23.2 Å². The molecule has 0 aliphatic carbocycles. The van der Waals surface area contributed by atoms with Crippen LogP contribution in [0.3, 0.4) is 0 Å². The molecule has 0 aliphatic rings. The maximum atomic E-state index is 11.4. The van der Waals surface area contributed by atoms with Crippen molar-refractivity contribution in [3.05, 3.63) is 28.2 Å². The van der Waals surface area contributed by atoms with Crippen molar-refractivity contribution in [2.75, 3.05) is 11.3 Å². The lowest BCUT2D eigenvalue weighted by molar-refractivity contribution is 0.490. The molecule has 0 radical (unpaired) electrons. The molecule has 9 heteroatoms. The van der Waals surface area contributed by atoms with Gasteiger partial charge in [-0.3, -0.25) is 0 Å². The first-order chi connectivity index (χ1) is 7.59. The van der Waals surface area contributed by atoms with Crippen LogP contribution in [0.4, 0.5) is 0 Å². The van der Waals surface area contributed by atoms with Gasteiger partial charge in [-0.1, -0.05) is 23.2 Å². The second-order valence-electron chi connectivity index (χ2n) is 3.26. The van der Waals surface area contributed by atoms with Gasteiger partial charge in [-0.15, -0.1) is 0 Å². The zero-order valence-corrected chi connectivity index (χ0v) is 11.7. The Balaban J connectivity index is 2.99. The first-order valence-corrected chi connectivity index (χ1v) is 8.53. The Morgan fingerprint density at radius 2 is 1.76 bits per heavy atom. The summed E-state index contributed by atoms with van der Waals surface area (Å²) < 4.78 is 49.0. The summed E-state index contributed by atoms with van der Waals surface area (Å²) in [7, 11) is -7.95. The molecule has 0 saturated heterocycles. The minimum atomic E-state index is -4.24. The van der Waals surface area contributed by atoms with E-state index in [0.29, 0.717) is 5.02 Å². The van der Waals surface area contributed by atoms with E-state index in [0.717, 1.165) is 6.26 Å². The van der Waals surface area contributed by atoms with Crippen molar-refractivity contribution in [1.82, 2.24) is 0 Å². The molecule has 0 heterocycles. The van der Waals surface area contributed by atoms with E-state index >= 15 is 0 Å². The molecule has 0 saturated carbocycles. The lowest BCUT2D eigenvalue weighted by Gasteiger charge is -2.07. The second-order valence-corrected chi connectivity index (χ2v) is 8.18. The number of hydrogen-bond donors (Lipinski definition) is 0. The first kappa shape index (κ1) is 14.6. The molecule has 0 aromatic heterocycles. The molecular weight excluding hydrogens is 311 g/mol. The van der Waals surface area contributed by atoms with Gasteiger partial charge in [0.15, 0.2) is 20.7 Å². The maximum absolute atomic E-state index is 11.4. The van der Waals surface area contributed by atoms with E-state index in [2.05, 4.69) is 4.18 Å². The van der Waals surface area contributed by atoms with Crippen LogP contribution in [0.15, 0.2) is 18.2 Å². The van der Waals surface area contributed by atoms with Gasteiger partial charge in [0.2, 0.25) is 0 Å². The minimum absolute atomic E-state index is 0.0189. The molecule has 1 rings (SSSR count). The number of halogens is 2. The van der Waals surface area contributed by atoms with Crippen LogP contribution in [-0.4, -0.2) is 28.2 Å². The Hall–Kier alpha value is -0.500. The molecule has 17 heavy (non-hydrogen) atoms. The molecule has 0 spiro atoms. The monoisotopic (exact) mass is 318 g/mol. The number of sulfone groups is 1. The summed E-state index contributed by atoms with van der Waals surface area (Å²) in [5.41, 5.74) is 0. The summed E-state index contributed by atoms with van der Waals surface area (Å²) >= 11 is 11.3. The van der Waals surface area contributed by atoms with Gasteiger partial charge in [0.1, 0.15) is 0 Å². The van der Waals surface area contributed by atoms with Crippen LogP contribution in [0.25, 0.3) is 0 Å². The van der Waals surface area contributed by atoms with Crippen molar-refractivity contribution in [1.29, 1.82) is 0 Å². The first-order valence-electron chi connectivity index (χ1n) is 4.14. The third kappa shape index (κ3) is 5.12. The van der Waals surface area contributed by atoms with Gasteiger partial charge in [-0.2, -0.15) is 8.42 Å². The fourth-order valence-electron chi connectivity index (χ4n) is 0.966.